The van der Waals surface area contributed by atoms with Crippen molar-refractivity contribution < 1.29 is 17.6 Å². The van der Waals surface area contributed by atoms with Gasteiger partial charge in [-0.3, -0.25) is 9.78 Å². The molecule has 0 saturated carbocycles. The molecule has 1 amide bonds. The molecule has 7 nitrogen and oxygen atoms in total. The van der Waals surface area contributed by atoms with Gasteiger partial charge in [0.15, 0.2) is 21.5 Å². The van der Waals surface area contributed by atoms with E-state index in [2.05, 4.69) is 9.97 Å². The van der Waals surface area contributed by atoms with Gasteiger partial charge in [0, 0.05) is 28.6 Å². The van der Waals surface area contributed by atoms with Crippen LogP contribution in [-0.4, -0.2) is 30.5 Å². The number of amides is 1. The minimum Gasteiger partial charge on any atom is -0.381 e. The highest BCUT2D eigenvalue weighted by Crippen LogP contribution is 2.32. The molecule has 10 heteroatoms. The Kier molecular flexibility index (Phi) is 6.24. The van der Waals surface area contributed by atoms with Gasteiger partial charge in [0.1, 0.15) is 0 Å². The number of aryl methyl sites for hydroxylation is 1. The van der Waals surface area contributed by atoms with Crippen LogP contribution in [0.3, 0.4) is 0 Å². The van der Waals surface area contributed by atoms with Crippen LogP contribution in [0.1, 0.15) is 21.6 Å². The first-order chi connectivity index (χ1) is 16.0. The van der Waals surface area contributed by atoms with Crippen molar-refractivity contribution in [3.8, 4) is 0 Å². The molecule has 0 atom stereocenters. The van der Waals surface area contributed by atoms with Crippen LogP contribution in [0, 0.1) is 12.7 Å². The summed E-state index contributed by atoms with van der Waals surface area (Å²) in [6, 6.07) is 13.9. The zero-order chi connectivity index (χ0) is 24.6. The SMILES string of the molecule is Cc1ccc(C(=O)N(Cc2ccc3cc(F)c(N)nc3c2)c2cc(Cl)ccc2S(C)(=O)=O)cn1. The Morgan fingerprint density at radius 3 is 2.56 bits per heavy atom. The molecule has 0 aliphatic heterocycles. The Balaban J connectivity index is 1.86. The van der Waals surface area contributed by atoms with E-state index >= 15 is 0 Å². The largest absolute Gasteiger partial charge is 0.381 e. The van der Waals surface area contributed by atoms with Crippen molar-refractivity contribution in [2.24, 2.45) is 0 Å². The highest BCUT2D eigenvalue weighted by atomic mass is 35.5. The average Bonchev–Trinajstić information content (AvgIpc) is 2.77. The number of benzene rings is 2. The molecule has 174 valence electrons. The topological polar surface area (TPSA) is 106 Å². The van der Waals surface area contributed by atoms with Gasteiger partial charge in [-0.25, -0.2) is 17.8 Å². The number of pyridine rings is 2. The van der Waals surface area contributed by atoms with Crippen LogP contribution in [0.2, 0.25) is 5.02 Å². The van der Waals surface area contributed by atoms with Crippen molar-refractivity contribution >= 4 is 49.8 Å². The smallest absolute Gasteiger partial charge is 0.260 e. The van der Waals surface area contributed by atoms with Gasteiger partial charge in [0.05, 0.1) is 28.2 Å². The number of sulfone groups is 1. The number of carbonyl (C=O) groups excluding carboxylic acids is 1. The first-order valence-corrected chi connectivity index (χ1v) is 12.4. The van der Waals surface area contributed by atoms with Crippen molar-refractivity contribution in [2.75, 3.05) is 16.9 Å². The van der Waals surface area contributed by atoms with Gasteiger partial charge in [-0.15, -0.1) is 0 Å². The quantitative estimate of drug-likeness (QED) is 0.432. The number of nitrogen functional groups attached to an aromatic ring is 1. The van der Waals surface area contributed by atoms with Gasteiger partial charge in [0.25, 0.3) is 5.91 Å². The van der Waals surface area contributed by atoms with E-state index in [0.717, 1.165) is 11.9 Å². The molecule has 0 saturated heterocycles. The van der Waals surface area contributed by atoms with Crippen LogP contribution in [0.25, 0.3) is 10.9 Å². The Bertz CT molecular complexity index is 1530. The third-order valence-corrected chi connectivity index (χ3v) is 6.60. The van der Waals surface area contributed by atoms with Crippen LogP contribution >= 0.6 is 11.6 Å². The normalized spacial score (nSPS) is 11.5. The highest BCUT2D eigenvalue weighted by Gasteiger charge is 2.25. The molecule has 0 unspecified atom stereocenters. The number of nitrogens with two attached hydrogens (primary N) is 1. The van der Waals surface area contributed by atoms with E-state index < -0.39 is 21.6 Å². The second-order valence-corrected chi connectivity index (χ2v) is 10.3. The van der Waals surface area contributed by atoms with Gasteiger partial charge >= 0.3 is 0 Å². The third-order valence-electron chi connectivity index (χ3n) is 5.22. The van der Waals surface area contributed by atoms with Crippen LogP contribution in [0.4, 0.5) is 15.9 Å². The molecule has 4 rings (SSSR count). The number of carbonyl (C=O) groups is 1. The second-order valence-electron chi connectivity index (χ2n) is 7.85. The first-order valence-electron chi connectivity index (χ1n) is 10.1. The monoisotopic (exact) mass is 498 g/mol. The van der Waals surface area contributed by atoms with Crippen LogP contribution in [0.15, 0.2) is 65.7 Å². The summed E-state index contributed by atoms with van der Waals surface area (Å²) >= 11 is 6.19. The Hall–Kier alpha value is -3.56. The second kappa shape index (κ2) is 9.00. The third kappa shape index (κ3) is 4.85. The fourth-order valence-corrected chi connectivity index (χ4v) is 4.54. The zero-order valence-corrected chi connectivity index (χ0v) is 19.9. The molecule has 34 heavy (non-hydrogen) atoms. The number of anilines is 2. The number of rotatable bonds is 5. The van der Waals surface area contributed by atoms with Gasteiger partial charge in [0.2, 0.25) is 0 Å². The van der Waals surface area contributed by atoms with E-state index in [-0.39, 0.29) is 33.5 Å². The molecule has 0 bridgehead atoms. The summed E-state index contributed by atoms with van der Waals surface area (Å²) in [6.45, 7) is 1.78. The van der Waals surface area contributed by atoms with Crippen molar-refractivity contribution in [3.05, 3.63) is 88.5 Å². The summed E-state index contributed by atoms with van der Waals surface area (Å²) in [5.41, 5.74) is 7.81. The van der Waals surface area contributed by atoms with E-state index in [0.29, 0.717) is 16.5 Å². The molecular weight excluding hydrogens is 479 g/mol. The molecule has 4 aromatic rings. The lowest BCUT2D eigenvalue weighted by Crippen LogP contribution is -2.32. The maximum Gasteiger partial charge on any atom is 0.260 e. The maximum absolute atomic E-state index is 13.8. The van der Waals surface area contributed by atoms with Gasteiger partial charge < -0.3 is 10.6 Å². The van der Waals surface area contributed by atoms with Gasteiger partial charge in [-0.05, 0) is 55.0 Å². The number of halogens is 2. The Labute approximate surface area is 200 Å². The molecule has 2 aromatic heterocycles. The van der Waals surface area contributed by atoms with Gasteiger partial charge in [-0.1, -0.05) is 23.7 Å². The lowest BCUT2D eigenvalue weighted by molar-refractivity contribution is 0.0984. The van der Waals surface area contributed by atoms with Crippen molar-refractivity contribution in [1.29, 1.82) is 0 Å². The van der Waals surface area contributed by atoms with Crippen LogP contribution < -0.4 is 10.6 Å². The maximum atomic E-state index is 13.8. The predicted molar refractivity (Wildman–Crippen MR) is 130 cm³/mol. The van der Waals surface area contributed by atoms with E-state index in [1.54, 1.807) is 37.3 Å². The fraction of sp³-hybridized carbons (Fsp3) is 0.125. The molecule has 0 aliphatic rings. The predicted octanol–water partition coefficient (Wildman–Crippen LogP) is 4.56. The summed E-state index contributed by atoms with van der Waals surface area (Å²) in [6.07, 6.45) is 2.49. The van der Waals surface area contributed by atoms with E-state index in [9.17, 15) is 17.6 Å². The molecule has 0 fully saturated rings. The summed E-state index contributed by atoms with van der Waals surface area (Å²) in [5, 5.41) is 0.807. The molecule has 0 radical (unpaired) electrons. The van der Waals surface area contributed by atoms with E-state index in [1.165, 1.54) is 35.4 Å². The lowest BCUT2D eigenvalue weighted by Gasteiger charge is -2.25. The lowest BCUT2D eigenvalue weighted by atomic mass is 10.1. The van der Waals surface area contributed by atoms with E-state index in [1.807, 2.05) is 0 Å². The van der Waals surface area contributed by atoms with Gasteiger partial charge in [-0.2, -0.15) is 0 Å². The molecule has 0 spiro atoms. The minimum atomic E-state index is -3.69. The standard InChI is InChI=1S/C24H20ClFN4O3S/c1-14-3-5-17(12-28-14)24(31)30(21-11-18(25)7-8-22(21)34(2,32)33)13-15-4-6-16-10-19(26)23(27)29-20(16)9-15/h3-12H,13H2,1-2H3,(H2,27,29). The summed E-state index contributed by atoms with van der Waals surface area (Å²) in [7, 11) is -3.69. The molecular formula is C24H20ClFN4O3S. The zero-order valence-electron chi connectivity index (χ0n) is 18.3. The number of hydrogen-bond acceptors (Lipinski definition) is 6. The van der Waals surface area contributed by atoms with Crippen molar-refractivity contribution in [1.82, 2.24) is 9.97 Å². The fourth-order valence-electron chi connectivity index (χ4n) is 3.51. The molecule has 2 heterocycles. The van der Waals surface area contributed by atoms with Crippen molar-refractivity contribution in [3.63, 3.8) is 0 Å². The van der Waals surface area contributed by atoms with E-state index in [4.69, 9.17) is 17.3 Å². The Morgan fingerprint density at radius 1 is 1.12 bits per heavy atom. The number of nitrogens with zero attached hydrogens (tertiary/aromatic N) is 3. The summed E-state index contributed by atoms with van der Waals surface area (Å²) in [4.78, 5) is 23.1. The number of hydrogen-bond donors (Lipinski definition) is 1. The molecule has 2 N–H and O–H groups in total. The molecule has 2 aromatic carbocycles. The number of fused-ring (bicyclic) bond motifs is 1. The summed E-state index contributed by atoms with van der Waals surface area (Å²) in [5.74, 6) is -1.33. The summed E-state index contributed by atoms with van der Waals surface area (Å²) < 4.78 is 38.8. The highest BCUT2D eigenvalue weighted by molar-refractivity contribution is 7.90. The molecule has 0 aliphatic carbocycles. The first kappa shape index (κ1) is 23.6. The number of aromatic nitrogens is 2. The minimum absolute atomic E-state index is 0.00945. The average molecular weight is 499 g/mol. The van der Waals surface area contributed by atoms with Crippen molar-refractivity contribution in [2.45, 2.75) is 18.4 Å². The van der Waals surface area contributed by atoms with Crippen LogP contribution in [0.5, 0.6) is 0 Å². The van der Waals surface area contributed by atoms with Crippen LogP contribution in [-0.2, 0) is 16.4 Å². The Morgan fingerprint density at radius 2 is 1.88 bits per heavy atom.